The van der Waals surface area contributed by atoms with Crippen molar-refractivity contribution < 1.29 is 9.52 Å². The summed E-state index contributed by atoms with van der Waals surface area (Å²) in [7, 11) is 0. The Morgan fingerprint density at radius 1 is 1.44 bits per heavy atom. The average Bonchev–Trinajstić information content (AvgIpc) is 2.97. The molecule has 0 bridgehead atoms. The molecule has 0 saturated heterocycles. The second kappa shape index (κ2) is 4.53. The fourth-order valence-electron chi connectivity index (χ4n) is 1.59. The zero-order valence-electron chi connectivity index (χ0n) is 9.55. The third-order valence-electron chi connectivity index (χ3n) is 2.59. The SMILES string of the molecule is CCc1ccc(C(O)c2cnn(CC)c2)o1. The minimum Gasteiger partial charge on any atom is -0.463 e. The van der Waals surface area contributed by atoms with E-state index in [0.29, 0.717) is 5.76 Å². The molecule has 4 heteroatoms. The smallest absolute Gasteiger partial charge is 0.140 e. The number of aryl methyl sites for hydroxylation is 2. The van der Waals surface area contributed by atoms with Crippen LogP contribution in [0.3, 0.4) is 0 Å². The highest BCUT2D eigenvalue weighted by Crippen LogP contribution is 2.23. The number of nitrogens with zero attached hydrogens (tertiary/aromatic N) is 2. The van der Waals surface area contributed by atoms with E-state index in [1.165, 1.54) is 0 Å². The molecular weight excluding hydrogens is 204 g/mol. The molecule has 16 heavy (non-hydrogen) atoms. The van der Waals surface area contributed by atoms with Crippen LogP contribution in [0.5, 0.6) is 0 Å². The van der Waals surface area contributed by atoms with Crippen molar-refractivity contribution in [2.24, 2.45) is 0 Å². The van der Waals surface area contributed by atoms with Crippen LogP contribution < -0.4 is 0 Å². The van der Waals surface area contributed by atoms with Crippen LogP contribution in [-0.2, 0) is 13.0 Å². The molecule has 0 spiro atoms. The van der Waals surface area contributed by atoms with Gasteiger partial charge in [-0.25, -0.2) is 0 Å². The van der Waals surface area contributed by atoms with Crippen LogP contribution in [0.25, 0.3) is 0 Å². The standard InChI is InChI=1S/C12H16N2O2/c1-3-10-5-6-11(16-10)12(15)9-7-13-14(4-2)8-9/h5-8,12,15H,3-4H2,1-2H3. The quantitative estimate of drug-likeness (QED) is 0.858. The Morgan fingerprint density at radius 3 is 2.81 bits per heavy atom. The molecule has 0 aliphatic heterocycles. The molecule has 0 aromatic carbocycles. The van der Waals surface area contributed by atoms with Crippen LogP contribution in [0, 0.1) is 0 Å². The van der Waals surface area contributed by atoms with Gasteiger partial charge in [0, 0.05) is 24.7 Å². The zero-order chi connectivity index (χ0) is 11.5. The number of aromatic nitrogens is 2. The maximum atomic E-state index is 10.1. The number of aliphatic hydroxyl groups is 1. The van der Waals surface area contributed by atoms with E-state index in [-0.39, 0.29) is 0 Å². The predicted molar refractivity (Wildman–Crippen MR) is 60.0 cm³/mol. The molecule has 1 unspecified atom stereocenters. The molecule has 4 nitrogen and oxygen atoms in total. The van der Waals surface area contributed by atoms with E-state index in [4.69, 9.17) is 4.42 Å². The van der Waals surface area contributed by atoms with Gasteiger partial charge in [-0.05, 0) is 19.1 Å². The maximum Gasteiger partial charge on any atom is 0.140 e. The lowest BCUT2D eigenvalue weighted by Gasteiger charge is -2.04. The minimum atomic E-state index is -0.722. The van der Waals surface area contributed by atoms with Crippen molar-refractivity contribution in [3.63, 3.8) is 0 Å². The van der Waals surface area contributed by atoms with Gasteiger partial charge in [-0.1, -0.05) is 6.92 Å². The van der Waals surface area contributed by atoms with Gasteiger partial charge < -0.3 is 9.52 Å². The summed E-state index contributed by atoms with van der Waals surface area (Å²) in [5, 5.41) is 14.2. The van der Waals surface area contributed by atoms with Crippen LogP contribution in [0.4, 0.5) is 0 Å². The molecule has 2 aromatic rings. The van der Waals surface area contributed by atoms with Crippen molar-refractivity contribution in [2.45, 2.75) is 32.9 Å². The first-order valence-corrected chi connectivity index (χ1v) is 5.53. The van der Waals surface area contributed by atoms with Crippen LogP contribution >= 0.6 is 0 Å². The van der Waals surface area contributed by atoms with E-state index in [9.17, 15) is 5.11 Å². The number of aliphatic hydroxyl groups excluding tert-OH is 1. The molecule has 2 rings (SSSR count). The highest BCUT2D eigenvalue weighted by molar-refractivity contribution is 5.20. The third kappa shape index (κ3) is 2.02. The highest BCUT2D eigenvalue weighted by Gasteiger charge is 2.16. The Hall–Kier alpha value is -1.55. The first kappa shape index (κ1) is 11.0. The Balaban J connectivity index is 2.20. The average molecular weight is 220 g/mol. The number of rotatable bonds is 4. The molecule has 0 aliphatic carbocycles. The molecule has 1 N–H and O–H groups in total. The molecule has 2 aromatic heterocycles. The van der Waals surface area contributed by atoms with Crippen LogP contribution in [0.2, 0.25) is 0 Å². The molecule has 0 radical (unpaired) electrons. The van der Waals surface area contributed by atoms with Gasteiger partial charge in [0.2, 0.25) is 0 Å². The van der Waals surface area contributed by atoms with Crippen LogP contribution in [0.1, 0.15) is 37.0 Å². The first-order chi connectivity index (χ1) is 7.74. The van der Waals surface area contributed by atoms with E-state index >= 15 is 0 Å². The van der Waals surface area contributed by atoms with Gasteiger partial charge in [0.05, 0.1) is 6.20 Å². The van der Waals surface area contributed by atoms with Gasteiger partial charge in [-0.15, -0.1) is 0 Å². The van der Waals surface area contributed by atoms with E-state index < -0.39 is 6.10 Å². The summed E-state index contributed by atoms with van der Waals surface area (Å²) >= 11 is 0. The van der Waals surface area contributed by atoms with Crippen molar-refractivity contribution in [2.75, 3.05) is 0 Å². The molecule has 1 atom stereocenters. The van der Waals surface area contributed by atoms with E-state index in [1.807, 2.05) is 32.2 Å². The van der Waals surface area contributed by atoms with Crippen molar-refractivity contribution in [1.29, 1.82) is 0 Å². The number of furan rings is 1. The zero-order valence-corrected chi connectivity index (χ0v) is 9.55. The minimum absolute atomic E-state index is 0.576. The fourth-order valence-corrected chi connectivity index (χ4v) is 1.59. The van der Waals surface area contributed by atoms with Gasteiger partial charge >= 0.3 is 0 Å². The van der Waals surface area contributed by atoms with E-state index in [2.05, 4.69) is 5.10 Å². The Labute approximate surface area is 94.5 Å². The molecule has 0 saturated carbocycles. The second-order valence-electron chi connectivity index (χ2n) is 3.69. The van der Waals surface area contributed by atoms with Crippen LogP contribution in [0.15, 0.2) is 28.9 Å². The summed E-state index contributed by atoms with van der Waals surface area (Å²) in [6, 6.07) is 3.70. The normalized spacial score (nSPS) is 12.9. The Bertz CT molecular complexity index is 417. The summed E-state index contributed by atoms with van der Waals surface area (Å²) in [6.45, 7) is 4.82. The van der Waals surface area contributed by atoms with Crippen molar-refractivity contribution in [1.82, 2.24) is 9.78 Å². The molecule has 0 fully saturated rings. The van der Waals surface area contributed by atoms with Gasteiger partial charge in [-0.2, -0.15) is 5.10 Å². The monoisotopic (exact) mass is 220 g/mol. The Kier molecular flexibility index (Phi) is 3.10. The summed E-state index contributed by atoms with van der Waals surface area (Å²) < 4.78 is 7.28. The molecule has 2 heterocycles. The first-order valence-electron chi connectivity index (χ1n) is 5.53. The largest absolute Gasteiger partial charge is 0.463 e. The predicted octanol–water partition coefficient (Wildman–Crippen LogP) is 2.14. The van der Waals surface area contributed by atoms with Crippen LogP contribution in [-0.4, -0.2) is 14.9 Å². The van der Waals surface area contributed by atoms with Gasteiger partial charge in [-0.3, -0.25) is 4.68 Å². The van der Waals surface area contributed by atoms with E-state index in [0.717, 1.165) is 24.3 Å². The van der Waals surface area contributed by atoms with E-state index in [1.54, 1.807) is 10.9 Å². The lowest BCUT2D eigenvalue weighted by molar-refractivity contribution is 0.187. The lowest BCUT2D eigenvalue weighted by atomic mass is 10.1. The topological polar surface area (TPSA) is 51.2 Å². The van der Waals surface area contributed by atoms with Crippen molar-refractivity contribution >= 4 is 0 Å². The highest BCUT2D eigenvalue weighted by atomic mass is 16.4. The third-order valence-corrected chi connectivity index (χ3v) is 2.59. The van der Waals surface area contributed by atoms with Crippen molar-refractivity contribution in [3.8, 4) is 0 Å². The van der Waals surface area contributed by atoms with Gasteiger partial charge in [0.1, 0.15) is 17.6 Å². The van der Waals surface area contributed by atoms with Crippen molar-refractivity contribution in [3.05, 3.63) is 41.6 Å². The molecule has 86 valence electrons. The molecular formula is C12H16N2O2. The summed E-state index contributed by atoms with van der Waals surface area (Å²) in [6.07, 6.45) is 3.61. The molecule has 0 aliphatic rings. The van der Waals surface area contributed by atoms with Gasteiger partial charge in [0.15, 0.2) is 0 Å². The number of hydrogen-bond acceptors (Lipinski definition) is 3. The second-order valence-corrected chi connectivity index (χ2v) is 3.69. The fraction of sp³-hybridized carbons (Fsp3) is 0.417. The maximum absolute atomic E-state index is 10.1. The summed E-state index contributed by atoms with van der Waals surface area (Å²) in [4.78, 5) is 0. The summed E-state index contributed by atoms with van der Waals surface area (Å²) in [5.41, 5.74) is 0.763. The Morgan fingerprint density at radius 2 is 2.25 bits per heavy atom. The molecule has 0 amide bonds. The summed E-state index contributed by atoms with van der Waals surface area (Å²) in [5.74, 6) is 1.46. The number of hydrogen-bond donors (Lipinski definition) is 1. The van der Waals surface area contributed by atoms with Gasteiger partial charge in [0.25, 0.3) is 0 Å². The lowest BCUT2D eigenvalue weighted by Crippen LogP contribution is -1.97.